The summed E-state index contributed by atoms with van der Waals surface area (Å²) in [6, 6.07) is 13.8. The quantitative estimate of drug-likeness (QED) is 0.585. The van der Waals surface area contributed by atoms with E-state index in [9.17, 15) is 26.3 Å². The van der Waals surface area contributed by atoms with E-state index < -0.39 is 24.3 Å². The van der Waals surface area contributed by atoms with Crippen molar-refractivity contribution in [3.8, 4) is 0 Å². The maximum Gasteiger partial charge on any atom is 0.490 e. The van der Waals surface area contributed by atoms with Gasteiger partial charge in [-0.3, -0.25) is 9.88 Å². The fraction of sp³-hybridized carbons (Fsp3) is 0.455. The summed E-state index contributed by atoms with van der Waals surface area (Å²) in [5, 5.41) is 14.2. The highest BCUT2D eigenvalue weighted by atomic mass is 19.4. The number of carboxylic acids is 2. The lowest BCUT2D eigenvalue weighted by Crippen LogP contribution is -2.36. The maximum absolute atomic E-state index is 10.6. The lowest BCUT2D eigenvalue weighted by Gasteiger charge is -2.26. The molecule has 2 aliphatic heterocycles. The van der Waals surface area contributed by atoms with Crippen molar-refractivity contribution in [2.24, 2.45) is 0 Å². The molecule has 0 aliphatic carbocycles. The minimum Gasteiger partial charge on any atom is -0.475 e. The number of carboxylic acid groups (broad SMARTS) is 2. The normalized spacial score (nSPS) is 19.5. The highest BCUT2D eigenvalue weighted by molar-refractivity contribution is 5.73. The molecule has 0 saturated carbocycles. The Labute approximate surface area is 202 Å². The van der Waals surface area contributed by atoms with Crippen LogP contribution in [0.4, 0.5) is 32.2 Å². The van der Waals surface area contributed by atoms with Gasteiger partial charge in [-0.2, -0.15) is 26.3 Å². The molecule has 2 fully saturated rings. The van der Waals surface area contributed by atoms with E-state index in [4.69, 9.17) is 24.8 Å². The zero-order valence-electron chi connectivity index (χ0n) is 19.0. The summed E-state index contributed by atoms with van der Waals surface area (Å²) >= 11 is 0. The summed E-state index contributed by atoms with van der Waals surface area (Å²) in [5.74, 6) is -4.37. The van der Waals surface area contributed by atoms with Gasteiger partial charge in [0.2, 0.25) is 0 Å². The first-order valence-corrected chi connectivity index (χ1v) is 10.6. The Morgan fingerprint density at radius 3 is 2.00 bits per heavy atom. The van der Waals surface area contributed by atoms with Gasteiger partial charge in [0, 0.05) is 43.6 Å². The first-order chi connectivity index (χ1) is 16.7. The molecular formula is C22H24F6N4O4. The second kappa shape index (κ2) is 12.0. The molecule has 4 heterocycles. The monoisotopic (exact) mass is 522 g/mol. The van der Waals surface area contributed by atoms with E-state index in [1.807, 2.05) is 12.3 Å². The number of hydrogen-bond donors (Lipinski definition) is 2. The van der Waals surface area contributed by atoms with E-state index in [1.165, 1.54) is 18.5 Å². The number of fused-ring (bicyclic) bond motifs is 1. The first-order valence-electron chi connectivity index (χ1n) is 10.6. The summed E-state index contributed by atoms with van der Waals surface area (Å²) in [4.78, 5) is 32.1. The number of alkyl halides is 6. The highest BCUT2D eigenvalue weighted by Gasteiger charge is 2.43. The molecule has 0 amide bonds. The van der Waals surface area contributed by atoms with Crippen LogP contribution in [0.5, 0.6) is 0 Å². The van der Waals surface area contributed by atoms with E-state index in [0.29, 0.717) is 12.1 Å². The zero-order valence-corrected chi connectivity index (χ0v) is 19.0. The Hall–Kier alpha value is -3.42. The molecule has 14 heteroatoms. The number of halogens is 6. The minimum absolute atomic E-state index is 0.609. The second-order valence-corrected chi connectivity index (χ2v) is 7.94. The van der Waals surface area contributed by atoms with Crippen LogP contribution in [0.2, 0.25) is 0 Å². The number of nitrogens with zero attached hydrogens (tertiary/aromatic N) is 4. The number of aryl methyl sites for hydroxylation is 1. The summed E-state index contributed by atoms with van der Waals surface area (Å²) in [5.41, 5.74) is 2.28. The van der Waals surface area contributed by atoms with Crippen molar-refractivity contribution in [3.05, 3.63) is 54.0 Å². The van der Waals surface area contributed by atoms with Crippen LogP contribution in [0, 0.1) is 6.92 Å². The van der Waals surface area contributed by atoms with Gasteiger partial charge in [0.05, 0.1) is 5.69 Å². The predicted octanol–water partition coefficient (Wildman–Crippen LogP) is 3.90. The van der Waals surface area contributed by atoms with Crippen molar-refractivity contribution in [1.29, 1.82) is 0 Å². The van der Waals surface area contributed by atoms with Crippen LogP contribution in [0.25, 0.3) is 0 Å². The average Bonchev–Trinajstić information content (AvgIpc) is 3.37. The van der Waals surface area contributed by atoms with Crippen molar-refractivity contribution >= 4 is 17.8 Å². The molecular weight excluding hydrogens is 498 g/mol. The standard InChI is InChI=1S/C18H22N4.2C2HF3O2/c1-14-5-4-7-18(20-14)22-12-9-16-17(22)8-11-21(16)13-15-6-2-3-10-19-15;2*3-2(4,5)1(6)7/h2-7,10,16-17H,8-9,11-13H2,1H3;2*(H,6,7). The van der Waals surface area contributed by atoms with Crippen LogP contribution in [0.1, 0.15) is 24.2 Å². The molecule has 2 N–H and O–H groups in total. The van der Waals surface area contributed by atoms with E-state index in [1.54, 1.807) is 0 Å². The maximum atomic E-state index is 10.6. The number of rotatable bonds is 3. The Morgan fingerprint density at radius 2 is 1.50 bits per heavy atom. The molecule has 0 radical (unpaired) electrons. The Morgan fingerprint density at radius 1 is 0.917 bits per heavy atom. The van der Waals surface area contributed by atoms with Gasteiger partial charge < -0.3 is 15.1 Å². The van der Waals surface area contributed by atoms with Gasteiger partial charge in [-0.05, 0) is 44.0 Å². The Balaban J connectivity index is 0.000000271. The van der Waals surface area contributed by atoms with Gasteiger partial charge in [0.25, 0.3) is 0 Å². The third kappa shape index (κ3) is 8.36. The van der Waals surface area contributed by atoms with Gasteiger partial charge >= 0.3 is 24.3 Å². The molecule has 2 saturated heterocycles. The van der Waals surface area contributed by atoms with Gasteiger partial charge in [-0.1, -0.05) is 12.1 Å². The molecule has 36 heavy (non-hydrogen) atoms. The molecule has 0 bridgehead atoms. The molecule has 2 aromatic rings. The molecule has 8 nitrogen and oxygen atoms in total. The lowest BCUT2D eigenvalue weighted by atomic mass is 10.1. The van der Waals surface area contributed by atoms with E-state index >= 15 is 0 Å². The number of carbonyl (C=O) groups is 2. The SMILES string of the molecule is Cc1cccc(N2CCC3C2CCN3Cc2ccccn2)n1.O=C(O)C(F)(F)F.O=C(O)C(F)(F)F. The number of aliphatic carboxylic acids is 2. The fourth-order valence-corrected chi connectivity index (χ4v) is 3.94. The Kier molecular flexibility index (Phi) is 9.62. The third-order valence-electron chi connectivity index (χ3n) is 5.44. The second-order valence-electron chi connectivity index (χ2n) is 7.94. The van der Waals surface area contributed by atoms with Gasteiger partial charge in [-0.15, -0.1) is 0 Å². The van der Waals surface area contributed by atoms with Gasteiger partial charge in [0.15, 0.2) is 0 Å². The van der Waals surface area contributed by atoms with Crippen molar-refractivity contribution in [2.75, 3.05) is 18.0 Å². The number of aromatic nitrogens is 2. The average molecular weight is 522 g/mol. The van der Waals surface area contributed by atoms with Crippen LogP contribution in [0.15, 0.2) is 42.6 Å². The summed E-state index contributed by atoms with van der Waals surface area (Å²) < 4.78 is 63.5. The molecule has 2 aliphatic rings. The summed E-state index contributed by atoms with van der Waals surface area (Å²) in [7, 11) is 0. The number of likely N-dealkylation sites (tertiary alicyclic amines) is 1. The van der Waals surface area contributed by atoms with Crippen molar-refractivity contribution in [3.63, 3.8) is 0 Å². The highest BCUT2D eigenvalue weighted by Crippen LogP contribution is 2.35. The lowest BCUT2D eigenvalue weighted by molar-refractivity contribution is -0.193. The smallest absolute Gasteiger partial charge is 0.475 e. The molecule has 0 aromatic carbocycles. The van der Waals surface area contributed by atoms with Crippen molar-refractivity contribution < 1.29 is 46.1 Å². The molecule has 0 spiro atoms. The van der Waals surface area contributed by atoms with Crippen LogP contribution in [-0.2, 0) is 16.1 Å². The van der Waals surface area contributed by atoms with Crippen LogP contribution >= 0.6 is 0 Å². The number of anilines is 1. The third-order valence-corrected chi connectivity index (χ3v) is 5.44. The van der Waals surface area contributed by atoms with Crippen LogP contribution < -0.4 is 4.90 Å². The van der Waals surface area contributed by atoms with Crippen molar-refractivity contribution in [1.82, 2.24) is 14.9 Å². The van der Waals surface area contributed by atoms with Gasteiger partial charge in [0.1, 0.15) is 5.82 Å². The van der Waals surface area contributed by atoms with Crippen molar-refractivity contribution in [2.45, 2.75) is 50.7 Å². The predicted molar refractivity (Wildman–Crippen MR) is 115 cm³/mol. The molecule has 2 atom stereocenters. The minimum atomic E-state index is -5.08. The molecule has 2 aromatic heterocycles. The molecule has 4 rings (SSSR count). The molecule has 2 unspecified atom stereocenters. The van der Waals surface area contributed by atoms with Crippen LogP contribution in [0.3, 0.4) is 0 Å². The summed E-state index contributed by atoms with van der Waals surface area (Å²) in [6.45, 7) is 5.31. The largest absolute Gasteiger partial charge is 0.490 e. The topological polar surface area (TPSA) is 107 Å². The fourth-order valence-electron chi connectivity index (χ4n) is 3.94. The van der Waals surface area contributed by atoms with Crippen LogP contribution in [-0.4, -0.2) is 74.5 Å². The number of pyridine rings is 2. The number of hydrogen-bond acceptors (Lipinski definition) is 6. The summed E-state index contributed by atoms with van der Waals surface area (Å²) in [6.07, 6.45) is -5.82. The van der Waals surface area contributed by atoms with E-state index in [2.05, 4.69) is 52.0 Å². The Bertz CT molecular complexity index is 996. The molecule has 198 valence electrons. The van der Waals surface area contributed by atoms with Gasteiger partial charge in [-0.25, -0.2) is 14.6 Å². The van der Waals surface area contributed by atoms with E-state index in [0.717, 1.165) is 31.1 Å². The van der Waals surface area contributed by atoms with E-state index in [-0.39, 0.29) is 0 Å². The first kappa shape index (κ1) is 28.8. The zero-order chi connectivity index (χ0) is 27.1.